The minimum atomic E-state index is -0.0874. The van der Waals surface area contributed by atoms with E-state index < -0.39 is 0 Å². The van der Waals surface area contributed by atoms with Gasteiger partial charge in [0.05, 0.1) is 6.54 Å². The van der Waals surface area contributed by atoms with Crippen LogP contribution in [0.2, 0.25) is 0 Å². The number of likely N-dealkylation sites (N-methyl/N-ethyl adjacent to an activating group) is 2. The number of benzene rings is 1. The van der Waals surface area contributed by atoms with Crippen molar-refractivity contribution in [2.24, 2.45) is 0 Å². The Labute approximate surface area is 131 Å². The molecule has 0 fully saturated rings. The molecule has 0 saturated carbocycles. The summed E-state index contributed by atoms with van der Waals surface area (Å²) in [4.78, 5) is 24.9. The van der Waals surface area contributed by atoms with Crippen molar-refractivity contribution >= 4 is 17.5 Å². The third-order valence-electron chi connectivity index (χ3n) is 2.99. The van der Waals surface area contributed by atoms with Gasteiger partial charge in [0.2, 0.25) is 11.8 Å². The van der Waals surface area contributed by atoms with E-state index in [4.69, 9.17) is 4.74 Å². The Morgan fingerprint density at radius 1 is 1.23 bits per heavy atom. The zero-order valence-corrected chi connectivity index (χ0v) is 13.5. The van der Waals surface area contributed by atoms with Crippen LogP contribution in [-0.2, 0) is 20.9 Å². The van der Waals surface area contributed by atoms with Crippen molar-refractivity contribution in [3.63, 3.8) is 0 Å². The lowest BCUT2D eigenvalue weighted by atomic mass is 10.2. The second kappa shape index (κ2) is 9.92. The Bertz CT molecular complexity index is 474. The van der Waals surface area contributed by atoms with Crippen molar-refractivity contribution in [3.8, 4) is 0 Å². The Kier molecular flexibility index (Phi) is 8.17. The summed E-state index contributed by atoms with van der Waals surface area (Å²) in [5.41, 5.74) is 1.74. The number of anilines is 1. The number of hydrogen-bond acceptors (Lipinski definition) is 4. The first kappa shape index (κ1) is 18.1. The van der Waals surface area contributed by atoms with E-state index in [1.807, 2.05) is 31.2 Å². The van der Waals surface area contributed by atoms with Gasteiger partial charge < -0.3 is 20.3 Å². The predicted molar refractivity (Wildman–Crippen MR) is 86.6 cm³/mol. The van der Waals surface area contributed by atoms with Crippen LogP contribution in [0.15, 0.2) is 24.3 Å². The van der Waals surface area contributed by atoms with Crippen LogP contribution in [0.1, 0.15) is 18.9 Å². The van der Waals surface area contributed by atoms with Crippen molar-refractivity contribution in [3.05, 3.63) is 29.8 Å². The first-order valence-corrected chi connectivity index (χ1v) is 7.42. The molecule has 0 heterocycles. The Balaban J connectivity index is 2.46. The smallest absolute Gasteiger partial charge is 0.248 e. The fourth-order valence-corrected chi connectivity index (χ4v) is 1.84. The standard InChI is InChI=1S/C16H25N3O3/c1-4-9-22-12-16(21)19(3)11-13-5-7-14(8-6-13)18-15(20)10-17-2/h5-8,17H,4,9-12H2,1-3H3,(H,18,20). The first-order chi connectivity index (χ1) is 10.6. The lowest BCUT2D eigenvalue weighted by Gasteiger charge is -2.17. The molecule has 2 N–H and O–H groups in total. The maximum absolute atomic E-state index is 11.8. The number of ether oxygens (including phenoxy) is 1. The van der Waals surface area contributed by atoms with E-state index in [-0.39, 0.29) is 25.0 Å². The largest absolute Gasteiger partial charge is 0.372 e. The fourth-order valence-electron chi connectivity index (χ4n) is 1.84. The number of nitrogens with one attached hydrogen (secondary N) is 2. The third kappa shape index (κ3) is 6.69. The lowest BCUT2D eigenvalue weighted by molar-refractivity contribution is -0.135. The van der Waals surface area contributed by atoms with E-state index in [1.165, 1.54) is 0 Å². The van der Waals surface area contributed by atoms with Crippen LogP contribution >= 0.6 is 0 Å². The summed E-state index contributed by atoms with van der Waals surface area (Å²) in [5.74, 6) is -0.129. The van der Waals surface area contributed by atoms with Gasteiger partial charge in [-0.3, -0.25) is 9.59 Å². The average Bonchev–Trinajstić information content (AvgIpc) is 2.49. The number of carbonyl (C=O) groups is 2. The Morgan fingerprint density at radius 2 is 1.91 bits per heavy atom. The SMILES string of the molecule is CCCOCC(=O)N(C)Cc1ccc(NC(=O)CNC)cc1. The summed E-state index contributed by atoms with van der Waals surface area (Å²) in [6.45, 7) is 3.50. The van der Waals surface area contributed by atoms with Gasteiger partial charge in [-0.05, 0) is 31.2 Å². The van der Waals surface area contributed by atoms with E-state index in [9.17, 15) is 9.59 Å². The first-order valence-electron chi connectivity index (χ1n) is 7.42. The van der Waals surface area contributed by atoms with Crippen LogP contribution < -0.4 is 10.6 Å². The highest BCUT2D eigenvalue weighted by Gasteiger charge is 2.09. The molecule has 0 unspecified atom stereocenters. The summed E-state index contributed by atoms with van der Waals surface area (Å²) in [7, 11) is 3.47. The summed E-state index contributed by atoms with van der Waals surface area (Å²) >= 11 is 0. The highest BCUT2D eigenvalue weighted by molar-refractivity contribution is 5.92. The highest BCUT2D eigenvalue weighted by atomic mass is 16.5. The van der Waals surface area contributed by atoms with Gasteiger partial charge in [0.15, 0.2) is 0 Å². The summed E-state index contributed by atoms with van der Waals surface area (Å²) in [6.07, 6.45) is 0.901. The van der Waals surface area contributed by atoms with Crippen LogP contribution in [0.3, 0.4) is 0 Å². The van der Waals surface area contributed by atoms with Gasteiger partial charge in [-0.2, -0.15) is 0 Å². The lowest BCUT2D eigenvalue weighted by Crippen LogP contribution is -2.30. The molecule has 2 amide bonds. The molecule has 0 aliphatic heterocycles. The molecule has 0 atom stereocenters. The quantitative estimate of drug-likeness (QED) is 0.673. The van der Waals surface area contributed by atoms with Gasteiger partial charge in [-0.15, -0.1) is 0 Å². The number of rotatable bonds is 9. The molecule has 0 aliphatic carbocycles. The molecule has 1 rings (SSSR count). The van der Waals surface area contributed by atoms with E-state index >= 15 is 0 Å². The van der Waals surface area contributed by atoms with Crippen LogP contribution in [-0.4, -0.2) is 50.6 Å². The molecule has 6 nitrogen and oxygen atoms in total. The van der Waals surface area contributed by atoms with E-state index in [0.717, 1.165) is 17.7 Å². The normalized spacial score (nSPS) is 10.3. The van der Waals surface area contributed by atoms with Gasteiger partial charge in [-0.1, -0.05) is 19.1 Å². The van der Waals surface area contributed by atoms with E-state index in [1.54, 1.807) is 19.0 Å². The molecule has 1 aromatic rings. The molecule has 6 heteroatoms. The number of hydrogen-bond donors (Lipinski definition) is 2. The van der Waals surface area contributed by atoms with Crippen molar-refractivity contribution in [1.29, 1.82) is 0 Å². The Hall–Kier alpha value is -1.92. The van der Waals surface area contributed by atoms with Gasteiger partial charge in [0, 0.05) is 25.9 Å². The van der Waals surface area contributed by atoms with Gasteiger partial charge in [-0.25, -0.2) is 0 Å². The third-order valence-corrected chi connectivity index (χ3v) is 2.99. The van der Waals surface area contributed by atoms with Crippen LogP contribution in [0.4, 0.5) is 5.69 Å². The maximum Gasteiger partial charge on any atom is 0.248 e. The second-order valence-electron chi connectivity index (χ2n) is 5.08. The monoisotopic (exact) mass is 307 g/mol. The van der Waals surface area contributed by atoms with Crippen LogP contribution in [0, 0.1) is 0 Å². The number of nitrogens with zero attached hydrogens (tertiary/aromatic N) is 1. The molecule has 1 aromatic carbocycles. The molecule has 22 heavy (non-hydrogen) atoms. The van der Waals surface area contributed by atoms with Crippen LogP contribution in [0.5, 0.6) is 0 Å². The molecule has 0 aromatic heterocycles. The fraction of sp³-hybridized carbons (Fsp3) is 0.500. The summed E-state index contributed by atoms with van der Waals surface area (Å²) in [6, 6.07) is 7.45. The zero-order valence-electron chi connectivity index (χ0n) is 13.5. The van der Waals surface area contributed by atoms with Gasteiger partial charge >= 0.3 is 0 Å². The molecule has 122 valence electrons. The van der Waals surface area contributed by atoms with Crippen molar-refractivity contribution < 1.29 is 14.3 Å². The minimum Gasteiger partial charge on any atom is -0.372 e. The van der Waals surface area contributed by atoms with E-state index in [2.05, 4.69) is 10.6 Å². The van der Waals surface area contributed by atoms with Crippen molar-refractivity contribution in [2.75, 3.05) is 39.2 Å². The number of carbonyl (C=O) groups excluding carboxylic acids is 2. The van der Waals surface area contributed by atoms with E-state index in [0.29, 0.717) is 13.2 Å². The van der Waals surface area contributed by atoms with Gasteiger partial charge in [0.25, 0.3) is 0 Å². The molecular weight excluding hydrogens is 282 g/mol. The van der Waals surface area contributed by atoms with Crippen LogP contribution in [0.25, 0.3) is 0 Å². The Morgan fingerprint density at radius 3 is 2.50 bits per heavy atom. The molecular formula is C16H25N3O3. The minimum absolute atomic E-state index is 0.0418. The molecule has 0 saturated heterocycles. The second-order valence-corrected chi connectivity index (χ2v) is 5.08. The van der Waals surface area contributed by atoms with Crippen molar-refractivity contribution in [1.82, 2.24) is 10.2 Å². The maximum atomic E-state index is 11.8. The zero-order chi connectivity index (χ0) is 16.4. The number of amides is 2. The molecule has 0 aliphatic rings. The summed E-state index contributed by atoms with van der Waals surface area (Å²) < 4.78 is 5.24. The molecule has 0 bridgehead atoms. The van der Waals surface area contributed by atoms with Crippen molar-refractivity contribution in [2.45, 2.75) is 19.9 Å². The highest BCUT2D eigenvalue weighted by Crippen LogP contribution is 2.11. The summed E-state index contributed by atoms with van der Waals surface area (Å²) in [5, 5.41) is 5.57. The molecule has 0 spiro atoms. The van der Waals surface area contributed by atoms with Gasteiger partial charge in [0.1, 0.15) is 6.61 Å². The molecule has 0 radical (unpaired) electrons. The predicted octanol–water partition coefficient (Wildman–Crippen LogP) is 1.23. The average molecular weight is 307 g/mol. The topological polar surface area (TPSA) is 70.7 Å².